The molecule has 0 spiro atoms. The molecule has 136 valence electrons. The quantitative estimate of drug-likeness (QED) is 0.668. The highest BCUT2D eigenvalue weighted by molar-refractivity contribution is 7.93. The Morgan fingerprint density at radius 1 is 1.27 bits per heavy atom. The summed E-state index contributed by atoms with van der Waals surface area (Å²) >= 11 is 0.911. The van der Waals surface area contributed by atoms with Crippen LogP contribution in [0.1, 0.15) is 21.1 Å². The molecule has 0 saturated carbocycles. The van der Waals surface area contributed by atoms with Crippen LogP contribution < -0.4 is 10.0 Å². The van der Waals surface area contributed by atoms with Gasteiger partial charge in [0.25, 0.3) is 15.9 Å². The van der Waals surface area contributed by atoms with Crippen LogP contribution in [0.25, 0.3) is 0 Å². The molecular formula is C16H14FN3O4S2. The number of aromatic nitrogens is 1. The smallest absolute Gasteiger partial charge is 0.263 e. The molecule has 0 atom stereocenters. The maximum absolute atomic E-state index is 12.9. The number of furan rings is 1. The maximum atomic E-state index is 12.9. The van der Waals surface area contributed by atoms with Crippen LogP contribution in [0.3, 0.4) is 0 Å². The fourth-order valence-electron chi connectivity index (χ4n) is 2.10. The SMILES string of the molecule is Cc1nc(NS(=O)(=O)c2ccc(F)cc2)sc1C(=O)NCc1ccco1. The number of rotatable bonds is 6. The number of hydrogen-bond acceptors (Lipinski definition) is 6. The lowest BCUT2D eigenvalue weighted by Crippen LogP contribution is -2.22. The van der Waals surface area contributed by atoms with E-state index in [4.69, 9.17) is 4.42 Å². The summed E-state index contributed by atoms with van der Waals surface area (Å²) in [5, 5.41) is 2.73. The van der Waals surface area contributed by atoms with Crippen LogP contribution in [0.5, 0.6) is 0 Å². The Morgan fingerprint density at radius 3 is 2.65 bits per heavy atom. The number of thiazole rings is 1. The minimum absolute atomic E-state index is 0.0509. The number of benzene rings is 1. The van der Waals surface area contributed by atoms with Gasteiger partial charge in [0, 0.05) is 0 Å². The summed E-state index contributed by atoms with van der Waals surface area (Å²) in [5.41, 5.74) is 0.392. The van der Waals surface area contributed by atoms with Crippen molar-refractivity contribution in [3.63, 3.8) is 0 Å². The molecule has 0 radical (unpaired) electrons. The van der Waals surface area contributed by atoms with Crippen molar-refractivity contribution in [1.29, 1.82) is 0 Å². The van der Waals surface area contributed by atoms with Crippen LogP contribution in [0.4, 0.5) is 9.52 Å². The average Bonchev–Trinajstić information content (AvgIpc) is 3.22. The van der Waals surface area contributed by atoms with Crippen molar-refractivity contribution >= 4 is 32.4 Å². The van der Waals surface area contributed by atoms with Crippen molar-refractivity contribution < 1.29 is 22.0 Å². The van der Waals surface area contributed by atoms with Crippen LogP contribution in [-0.2, 0) is 16.6 Å². The fraction of sp³-hybridized carbons (Fsp3) is 0.125. The number of hydrogen-bond donors (Lipinski definition) is 2. The third-order valence-corrected chi connectivity index (χ3v) is 5.91. The van der Waals surface area contributed by atoms with Gasteiger partial charge >= 0.3 is 0 Å². The van der Waals surface area contributed by atoms with E-state index in [9.17, 15) is 17.6 Å². The molecular weight excluding hydrogens is 381 g/mol. The van der Waals surface area contributed by atoms with E-state index in [1.54, 1.807) is 19.1 Å². The van der Waals surface area contributed by atoms with Crippen molar-refractivity contribution in [2.24, 2.45) is 0 Å². The highest BCUT2D eigenvalue weighted by Gasteiger charge is 2.20. The Kier molecular flexibility index (Phi) is 5.05. The van der Waals surface area contributed by atoms with Gasteiger partial charge in [0.1, 0.15) is 16.5 Å². The molecule has 0 aliphatic heterocycles. The Balaban J connectivity index is 1.73. The van der Waals surface area contributed by atoms with Crippen molar-refractivity contribution in [1.82, 2.24) is 10.3 Å². The van der Waals surface area contributed by atoms with Crippen molar-refractivity contribution in [3.8, 4) is 0 Å². The molecule has 7 nitrogen and oxygen atoms in total. The lowest BCUT2D eigenvalue weighted by molar-refractivity contribution is 0.0951. The highest BCUT2D eigenvalue weighted by atomic mass is 32.2. The number of halogens is 1. The molecule has 3 aromatic rings. The largest absolute Gasteiger partial charge is 0.467 e. The molecule has 0 bridgehead atoms. The number of sulfonamides is 1. The minimum Gasteiger partial charge on any atom is -0.467 e. The molecule has 26 heavy (non-hydrogen) atoms. The molecule has 2 aromatic heterocycles. The molecule has 10 heteroatoms. The van der Waals surface area contributed by atoms with Gasteiger partial charge in [-0.05, 0) is 43.3 Å². The van der Waals surface area contributed by atoms with Crippen molar-refractivity contribution in [3.05, 3.63) is 64.8 Å². The first-order valence-corrected chi connectivity index (χ1v) is 9.71. The highest BCUT2D eigenvalue weighted by Crippen LogP contribution is 2.25. The molecule has 1 aromatic carbocycles. The number of anilines is 1. The monoisotopic (exact) mass is 395 g/mol. The third-order valence-electron chi connectivity index (χ3n) is 3.35. The standard InChI is InChI=1S/C16H14FN3O4S2/c1-10-14(15(21)18-9-12-3-2-8-24-12)25-16(19-10)20-26(22,23)13-6-4-11(17)5-7-13/h2-8H,9H2,1H3,(H,18,21)(H,19,20). The summed E-state index contributed by atoms with van der Waals surface area (Å²) in [6.07, 6.45) is 1.50. The van der Waals surface area contributed by atoms with Gasteiger partial charge in [-0.2, -0.15) is 0 Å². The Labute approximate surface area is 152 Å². The molecule has 0 unspecified atom stereocenters. The zero-order valence-corrected chi connectivity index (χ0v) is 15.2. The lowest BCUT2D eigenvalue weighted by Gasteiger charge is -2.04. The van der Waals surface area contributed by atoms with Crippen LogP contribution in [0.15, 0.2) is 52.0 Å². The van der Waals surface area contributed by atoms with Gasteiger partial charge in [-0.25, -0.2) is 17.8 Å². The van der Waals surface area contributed by atoms with Crippen LogP contribution in [-0.4, -0.2) is 19.3 Å². The first kappa shape index (κ1) is 18.1. The van der Waals surface area contributed by atoms with Gasteiger partial charge in [0.05, 0.1) is 23.4 Å². The van der Waals surface area contributed by atoms with Gasteiger partial charge in [-0.15, -0.1) is 0 Å². The number of nitrogens with zero attached hydrogens (tertiary/aromatic N) is 1. The average molecular weight is 395 g/mol. The molecule has 1 amide bonds. The molecule has 0 aliphatic rings. The Bertz CT molecular complexity index is 1010. The molecule has 0 fully saturated rings. The summed E-state index contributed by atoms with van der Waals surface area (Å²) in [6.45, 7) is 1.81. The molecule has 0 saturated heterocycles. The fourth-order valence-corrected chi connectivity index (χ4v) is 4.22. The predicted octanol–water partition coefficient (Wildman–Crippen LogP) is 2.91. The Hall–Kier alpha value is -2.72. The molecule has 0 aliphatic carbocycles. The van der Waals surface area contributed by atoms with Gasteiger partial charge in [-0.3, -0.25) is 9.52 Å². The maximum Gasteiger partial charge on any atom is 0.263 e. The van der Waals surface area contributed by atoms with E-state index in [1.165, 1.54) is 6.26 Å². The number of carbonyl (C=O) groups excluding carboxylic acids is 1. The lowest BCUT2D eigenvalue weighted by atomic mass is 10.3. The molecule has 2 heterocycles. The number of aryl methyl sites for hydroxylation is 1. The van der Waals surface area contributed by atoms with E-state index in [-0.39, 0.29) is 27.4 Å². The first-order valence-electron chi connectivity index (χ1n) is 7.41. The summed E-state index contributed by atoms with van der Waals surface area (Å²) in [4.78, 5) is 16.5. The van der Waals surface area contributed by atoms with E-state index >= 15 is 0 Å². The molecule has 3 rings (SSSR count). The number of nitrogens with one attached hydrogen (secondary N) is 2. The summed E-state index contributed by atoms with van der Waals surface area (Å²) in [6, 6.07) is 7.83. The predicted molar refractivity (Wildman–Crippen MR) is 93.9 cm³/mol. The molecule has 2 N–H and O–H groups in total. The zero-order valence-electron chi connectivity index (χ0n) is 13.5. The van der Waals surface area contributed by atoms with Gasteiger partial charge in [0.15, 0.2) is 5.13 Å². The minimum atomic E-state index is -3.92. The Morgan fingerprint density at radius 2 is 2.00 bits per heavy atom. The second-order valence-corrected chi connectivity index (χ2v) is 7.94. The van der Waals surface area contributed by atoms with E-state index in [0.717, 1.165) is 35.6 Å². The van der Waals surface area contributed by atoms with Crippen LogP contribution >= 0.6 is 11.3 Å². The van der Waals surface area contributed by atoms with Gasteiger partial charge in [0.2, 0.25) is 0 Å². The van der Waals surface area contributed by atoms with Gasteiger partial charge in [-0.1, -0.05) is 11.3 Å². The second-order valence-electron chi connectivity index (χ2n) is 5.26. The van der Waals surface area contributed by atoms with Crippen molar-refractivity contribution in [2.75, 3.05) is 4.72 Å². The van der Waals surface area contributed by atoms with Crippen LogP contribution in [0, 0.1) is 12.7 Å². The summed E-state index contributed by atoms with van der Waals surface area (Å²) < 4.78 is 45.0. The first-order chi connectivity index (χ1) is 12.3. The zero-order chi connectivity index (χ0) is 18.7. The second kappa shape index (κ2) is 7.26. The van der Waals surface area contributed by atoms with Crippen LogP contribution in [0.2, 0.25) is 0 Å². The third kappa shape index (κ3) is 4.09. The summed E-state index contributed by atoms with van der Waals surface area (Å²) in [5.74, 6) is -0.328. The van der Waals surface area contributed by atoms with Gasteiger partial charge < -0.3 is 9.73 Å². The topological polar surface area (TPSA) is 101 Å². The van der Waals surface area contributed by atoms with Crippen molar-refractivity contribution in [2.45, 2.75) is 18.4 Å². The van der Waals surface area contributed by atoms with E-state index in [1.807, 2.05) is 0 Å². The van der Waals surface area contributed by atoms with E-state index < -0.39 is 15.8 Å². The summed E-state index contributed by atoms with van der Waals surface area (Å²) in [7, 11) is -3.92. The number of amides is 1. The number of carbonyl (C=O) groups is 1. The van der Waals surface area contributed by atoms with E-state index in [2.05, 4.69) is 15.0 Å². The van der Waals surface area contributed by atoms with E-state index in [0.29, 0.717) is 11.5 Å². The normalized spacial score (nSPS) is 11.3.